The number of non-ortho nitro benzene ring substituents is 1. The zero-order valence-electron chi connectivity index (χ0n) is 20.0. The molecule has 0 spiro atoms. The third-order valence-electron chi connectivity index (χ3n) is 6.44. The Labute approximate surface area is 203 Å². The lowest BCUT2D eigenvalue weighted by Crippen LogP contribution is -2.42. The normalized spacial score (nSPS) is 19.2. The molecular weight excluding hydrogens is 448 g/mol. The third kappa shape index (κ3) is 4.08. The van der Waals surface area contributed by atoms with Gasteiger partial charge in [0.05, 0.1) is 36.7 Å². The number of carbonyl (C=O) groups excluding carboxylic acids is 1. The summed E-state index contributed by atoms with van der Waals surface area (Å²) < 4.78 is 10.8. The smallest absolute Gasteiger partial charge is 0.269 e. The minimum atomic E-state index is -0.673. The molecule has 1 aliphatic carbocycles. The van der Waals surface area contributed by atoms with Gasteiger partial charge in [-0.05, 0) is 41.7 Å². The zero-order valence-corrected chi connectivity index (χ0v) is 20.0. The van der Waals surface area contributed by atoms with E-state index in [1.54, 1.807) is 35.2 Å². The van der Waals surface area contributed by atoms with Crippen molar-refractivity contribution in [3.63, 3.8) is 0 Å². The second-order valence-corrected chi connectivity index (χ2v) is 9.37. The summed E-state index contributed by atoms with van der Waals surface area (Å²) in [4.78, 5) is 25.9. The summed E-state index contributed by atoms with van der Waals surface area (Å²) >= 11 is 0. The second kappa shape index (κ2) is 8.80. The summed E-state index contributed by atoms with van der Waals surface area (Å²) in [6, 6.07) is 13.4. The van der Waals surface area contributed by atoms with Gasteiger partial charge in [0.25, 0.3) is 5.69 Å². The lowest BCUT2D eigenvalue weighted by molar-refractivity contribution is -0.384. The quantitative estimate of drug-likeness (QED) is 0.493. The molecule has 0 saturated heterocycles. The summed E-state index contributed by atoms with van der Waals surface area (Å²) in [5.74, 6) is 0.450. The summed E-state index contributed by atoms with van der Waals surface area (Å²) in [5.41, 5.74) is 8.86. The maximum atomic E-state index is 13.6. The molecule has 1 unspecified atom stereocenters. The number of ketones is 1. The van der Waals surface area contributed by atoms with Crippen molar-refractivity contribution in [3.05, 3.63) is 80.8 Å². The van der Waals surface area contributed by atoms with Crippen LogP contribution >= 0.6 is 0 Å². The highest BCUT2D eigenvalue weighted by molar-refractivity contribution is 6.01. The molecule has 2 aromatic carbocycles. The number of nitro benzene ring substituents is 1. The van der Waals surface area contributed by atoms with Crippen molar-refractivity contribution in [2.75, 3.05) is 19.1 Å². The highest BCUT2D eigenvalue weighted by Gasteiger charge is 2.44. The van der Waals surface area contributed by atoms with Gasteiger partial charge in [-0.2, -0.15) is 5.26 Å². The molecule has 1 aliphatic heterocycles. The van der Waals surface area contributed by atoms with E-state index < -0.39 is 10.8 Å². The number of ether oxygens (including phenoxy) is 2. The van der Waals surface area contributed by atoms with Gasteiger partial charge in [0.1, 0.15) is 5.82 Å². The van der Waals surface area contributed by atoms with Gasteiger partial charge in [0.15, 0.2) is 17.3 Å². The van der Waals surface area contributed by atoms with E-state index in [1.807, 2.05) is 13.8 Å². The summed E-state index contributed by atoms with van der Waals surface area (Å²) in [5, 5.41) is 21.3. The Bertz CT molecular complexity index is 1320. The van der Waals surface area contributed by atoms with Crippen LogP contribution in [0, 0.1) is 26.9 Å². The first kappa shape index (κ1) is 23.8. The highest BCUT2D eigenvalue weighted by Crippen LogP contribution is 2.51. The first-order chi connectivity index (χ1) is 16.6. The fraction of sp³-hybridized carbons (Fsp3) is 0.308. The largest absolute Gasteiger partial charge is 0.493 e. The van der Waals surface area contributed by atoms with E-state index >= 15 is 0 Å². The van der Waals surface area contributed by atoms with Gasteiger partial charge < -0.3 is 15.2 Å². The molecule has 2 N–H and O–H groups in total. The summed E-state index contributed by atoms with van der Waals surface area (Å²) in [6.07, 6.45) is 0.858. The van der Waals surface area contributed by atoms with Gasteiger partial charge in [0.2, 0.25) is 0 Å². The number of nitriles is 1. The van der Waals surface area contributed by atoms with E-state index in [4.69, 9.17) is 15.2 Å². The van der Waals surface area contributed by atoms with Crippen molar-refractivity contribution < 1.29 is 19.2 Å². The molecule has 0 saturated carbocycles. The van der Waals surface area contributed by atoms with Gasteiger partial charge in [-0.15, -0.1) is 0 Å². The van der Waals surface area contributed by atoms with Crippen LogP contribution in [0.3, 0.4) is 0 Å². The molecule has 0 radical (unpaired) electrons. The van der Waals surface area contributed by atoms with Gasteiger partial charge >= 0.3 is 0 Å². The minimum absolute atomic E-state index is 0.0636. The number of anilines is 1. The van der Waals surface area contributed by atoms with E-state index in [0.717, 1.165) is 0 Å². The maximum Gasteiger partial charge on any atom is 0.269 e. The maximum absolute atomic E-state index is 13.6. The average Bonchev–Trinajstić information content (AvgIpc) is 2.82. The van der Waals surface area contributed by atoms with Crippen molar-refractivity contribution in [3.8, 4) is 17.6 Å². The molecule has 0 aromatic heterocycles. The first-order valence-corrected chi connectivity index (χ1v) is 11.0. The van der Waals surface area contributed by atoms with Gasteiger partial charge in [-0.3, -0.25) is 19.8 Å². The van der Waals surface area contributed by atoms with E-state index in [-0.39, 0.29) is 28.3 Å². The topological polar surface area (TPSA) is 132 Å². The number of Topliss-reactive ketones (excluding diaryl/α,β-unsaturated/α-hetero) is 1. The molecular formula is C26H26N4O5. The SMILES string of the molecule is COc1ccc(C2C(C#N)=C(N)N(c3ccc([N+](=O)[O-])cc3)C3=C2C(=O)CC(C)(C)C3)cc1OC. The Balaban J connectivity index is 1.96. The molecule has 35 heavy (non-hydrogen) atoms. The van der Waals surface area contributed by atoms with Gasteiger partial charge in [-0.25, -0.2) is 0 Å². The number of nitrogens with zero attached hydrogens (tertiary/aromatic N) is 3. The number of methoxy groups -OCH3 is 2. The van der Waals surface area contributed by atoms with E-state index in [9.17, 15) is 20.2 Å². The lowest BCUT2D eigenvalue weighted by Gasteiger charge is -2.43. The summed E-state index contributed by atoms with van der Waals surface area (Å²) in [7, 11) is 3.05. The van der Waals surface area contributed by atoms with Gasteiger partial charge in [-0.1, -0.05) is 19.9 Å². The number of hydrogen-bond donors (Lipinski definition) is 1. The van der Waals surface area contributed by atoms with Crippen LogP contribution < -0.4 is 20.1 Å². The molecule has 2 aromatic rings. The average molecular weight is 475 g/mol. The van der Waals surface area contributed by atoms with Gasteiger partial charge in [0, 0.05) is 35.5 Å². The van der Waals surface area contributed by atoms with Crippen molar-refractivity contribution in [2.24, 2.45) is 11.1 Å². The second-order valence-electron chi connectivity index (χ2n) is 9.37. The molecule has 0 bridgehead atoms. The fourth-order valence-corrected chi connectivity index (χ4v) is 4.89. The van der Waals surface area contributed by atoms with Crippen LogP contribution in [0.1, 0.15) is 38.2 Å². The van der Waals surface area contributed by atoms with E-state index in [1.165, 1.54) is 26.4 Å². The van der Waals surface area contributed by atoms with Crippen LogP contribution in [0.25, 0.3) is 0 Å². The molecule has 0 fully saturated rings. The van der Waals surface area contributed by atoms with Crippen molar-refractivity contribution in [1.29, 1.82) is 5.26 Å². The zero-order chi connectivity index (χ0) is 25.5. The Morgan fingerprint density at radius 3 is 2.34 bits per heavy atom. The molecule has 9 heteroatoms. The van der Waals surface area contributed by atoms with Crippen LogP contribution in [-0.2, 0) is 4.79 Å². The molecule has 2 aliphatic rings. The van der Waals surface area contributed by atoms with Crippen molar-refractivity contribution >= 4 is 17.2 Å². The molecule has 9 nitrogen and oxygen atoms in total. The van der Waals surface area contributed by atoms with E-state index in [0.29, 0.717) is 46.9 Å². The standard InChI is InChI=1S/C26H26N4O5/c1-26(2)12-19-24(20(31)13-26)23(15-5-10-21(34-3)22(11-15)35-4)18(14-27)25(28)29(19)16-6-8-17(9-7-16)30(32)33/h5-11,23H,12-13,28H2,1-4H3. The van der Waals surface area contributed by atoms with Crippen molar-refractivity contribution in [1.82, 2.24) is 0 Å². The highest BCUT2D eigenvalue weighted by atomic mass is 16.6. The third-order valence-corrected chi connectivity index (χ3v) is 6.44. The molecule has 180 valence electrons. The van der Waals surface area contributed by atoms with Crippen LogP contribution in [0.4, 0.5) is 11.4 Å². The number of rotatable bonds is 5. The van der Waals surface area contributed by atoms with Crippen LogP contribution in [0.5, 0.6) is 11.5 Å². The Morgan fingerprint density at radius 1 is 1.11 bits per heavy atom. The molecule has 1 atom stereocenters. The number of hydrogen-bond acceptors (Lipinski definition) is 8. The Hall–Kier alpha value is -4.32. The van der Waals surface area contributed by atoms with E-state index in [2.05, 4.69) is 6.07 Å². The predicted molar refractivity (Wildman–Crippen MR) is 130 cm³/mol. The Morgan fingerprint density at radius 2 is 1.77 bits per heavy atom. The van der Waals surface area contributed by atoms with Crippen molar-refractivity contribution in [2.45, 2.75) is 32.6 Å². The molecule has 0 amide bonds. The monoisotopic (exact) mass is 474 g/mol. The predicted octanol–water partition coefficient (Wildman–Crippen LogP) is 4.55. The van der Waals surface area contributed by atoms with Crippen LogP contribution in [0.15, 0.2) is 65.1 Å². The number of benzene rings is 2. The Kier molecular flexibility index (Phi) is 5.99. The number of nitrogens with two attached hydrogens (primary N) is 1. The van der Waals surface area contributed by atoms with Crippen LogP contribution in [0.2, 0.25) is 0 Å². The molecule has 1 heterocycles. The molecule has 4 rings (SSSR count). The number of carbonyl (C=O) groups is 1. The lowest BCUT2D eigenvalue weighted by atomic mass is 9.68. The number of nitro groups is 1. The minimum Gasteiger partial charge on any atom is -0.493 e. The fourth-order valence-electron chi connectivity index (χ4n) is 4.89. The van der Waals surface area contributed by atoms with Crippen LogP contribution in [-0.4, -0.2) is 24.9 Å². The number of allylic oxidation sites excluding steroid dienone is 3. The summed E-state index contributed by atoms with van der Waals surface area (Å²) in [6.45, 7) is 4.02. The first-order valence-electron chi connectivity index (χ1n) is 11.0.